The monoisotopic (exact) mass is 786 g/mol. The number of thiophene rings is 1. The van der Waals surface area contributed by atoms with Gasteiger partial charge in [-0.05, 0) is 125 Å². The zero-order valence-electron chi connectivity index (χ0n) is 35.0. The highest BCUT2D eigenvalue weighted by Crippen LogP contribution is 2.60. The largest absolute Gasteiger partial charge is 0.363 e. The Hall–Kier alpha value is -5.72. The second-order valence-corrected chi connectivity index (χ2v) is 19.6. The number of fused-ring (bicyclic) bond motifs is 8. The normalized spacial score (nSPS) is 18.5. The van der Waals surface area contributed by atoms with Gasteiger partial charge in [0.05, 0.1) is 22.1 Å². The highest BCUT2D eigenvalue weighted by molar-refractivity contribution is 7.18. The highest BCUT2D eigenvalue weighted by Gasteiger charge is 2.57. The standard InChI is InChI=1S/C53H51BN4S/c1-51(2,3)36-24-26-40(27-25-36)58-46-35-41(56(37-18-10-7-11-19-37)38-20-12-8-13-21-38)34-45-47(46)54(44-30-33-59-50(44)58)43-29-28-42-48(49(43)57(45)39-22-14-9-15-23-39)55-32-17-16-31-53(55,6)52(42,4)5/h7-15,18-30,33-35H,16-17,31-32H2,1-6H3. The summed E-state index contributed by atoms with van der Waals surface area (Å²) in [5.41, 5.74) is 18.0. The van der Waals surface area contributed by atoms with Crippen LogP contribution in [0.1, 0.15) is 71.9 Å². The highest BCUT2D eigenvalue weighted by atomic mass is 32.1. The minimum atomic E-state index is -0.0129. The lowest BCUT2D eigenvalue weighted by atomic mass is 9.34. The van der Waals surface area contributed by atoms with Gasteiger partial charge in [-0.3, -0.25) is 0 Å². The van der Waals surface area contributed by atoms with E-state index in [1.807, 2.05) is 11.3 Å². The summed E-state index contributed by atoms with van der Waals surface area (Å²) < 4.78 is 0. The molecule has 1 fully saturated rings. The molecule has 0 spiro atoms. The van der Waals surface area contributed by atoms with Gasteiger partial charge in [-0.2, -0.15) is 0 Å². The molecule has 1 saturated heterocycles. The number of piperidine rings is 1. The second-order valence-electron chi connectivity index (χ2n) is 18.7. The van der Waals surface area contributed by atoms with Crippen LogP contribution in [0.5, 0.6) is 0 Å². The predicted molar refractivity (Wildman–Crippen MR) is 254 cm³/mol. The van der Waals surface area contributed by atoms with Gasteiger partial charge in [0.1, 0.15) is 0 Å². The summed E-state index contributed by atoms with van der Waals surface area (Å²) in [6, 6.07) is 54.7. The number of anilines is 10. The average molecular weight is 787 g/mol. The van der Waals surface area contributed by atoms with Crippen molar-refractivity contribution in [2.24, 2.45) is 0 Å². The zero-order valence-corrected chi connectivity index (χ0v) is 35.9. The summed E-state index contributed by atoms with van der Waals surface area (Å²) in [5, 5.41) is 3.61. The van der Waals surface area contributed by atoms with E-state index >= 15 is 0 Å². The van der Waals surface area contributed by atoms with Crippen molar-refractivity contribution in [2.45, 2.75) is 77.2 Å². The second kappa shape index (κ2) is 13.1. The molecule has 1 aromatic heterocycles. The van der Waals surface area contributed by atoms with Gasteiger partial charge in [-0.1, -0.05) is 120 Å². The molecule has 0 amide bonds. The lowest BCUT2D eigenvalue weighted by Gasteiger charge is -2.49. The third-order valence-electron chi connectivity index (χ3n) is 14.3. The van der Waals surface area contributed by atoms with Crippen molar-refractivity contribution in [2.75, 3.05) is 26.1 Å². The minimum absolute atomic E-state index is 0.0129. The Morgan fingerprint density at radius 3 is 1.86 bits per heavy atom. The van der Waals surface area contributed by atoms with Gasteiger partial charge in [-0.15, -0.1) is 11.3 Å². The lowest BCUT2D eigenvalue weighted by Crippen LogP contribution is -2.61. The molecule has 4 aliphatic heterocycles. The van der Waals surface area contributed by atoms with E-state index in [0.29, 0.717) is 0 Å². The van der Waals surface area contributed by atoms with E-state index in [1.54, 1.807) is 0 Å². The van der Waals surface area contributed by atoms with Crippen LogP contribution in [0.15, 0.2) is 151 Å². The van der Waals surface area contributed by atoms with E-state index in [4.69, 9.17) is 0 Å². The van der Waals surface area contributed by atoms with Crippen LogP contribution in [-0.2, 0) is 10.8 Å². The Morgan fingerprint density at radius 1 is 0.610 bits per heavy atom. The SMILES string of the molecule is CC(C)(C)c1ccc(N2c3cc(N(c4ccccc4)c4ccccc4)cc4c3B(c3ccsc32)c2ccc3c(c2N4c2ccccc2)N2CCCCC2(C)C3(C)C)cc1. The fraction of sp³-hybridized carbons (Fsp3) is 0.245. The van der Waals surface area contributed by atoms with Gasteiger partial charge < -0.3 is 19.6 Å². The van der Waals surface area contributed by atoms with Crippen LogP contribution in [0.3, 0.4) is 0 Å². The van der Waals surface area contributed by atoms with Crippen LogP contribution in [0.25, 0.3) is 0 Å². The Balaban J connectivity index is 1.26. The third-order valence-corrected chi connectivity index (χ3v) is 15.2. The summed E-state index contributed by atoms with van der Waals surface area (Å²) in [4.78, 5) is 10.5. The first-order valence-corrected chi connectivity index (χ1v) is 22.3. The maximum Gasteiger partial charge on any atom is 0.253 e. The van der Waals surface area contributed by atoms with E-state index in [0.717, 1.165) is 23.6 Å². The summed E-state index contributed by atoms with van der Waals surface area (Å²) in [5.74, 6) is 0. The number of rotatable bonds is 5. The van der Waals surface area contributed by atoms with Crippen LogP contribution >= 0.6 is 11.3 Å². The van der Waals surface area contributed by atoms with Crippen molar-refractivity contribution < 1.29 is 0 Å². The molecule has 6 aromatic carbocycles. The predicted octanol–water partition coefficient (Wildman–Crippen LogP) is 12.6. The zero-order chi connectivity index (χ0) is 40.3. The van der Waals surface area contributed by atoms with Crippen molar-refractivity contribution in [1.82, 2.24) is 0 Å². The van der Waals surface area contributed by atoms with Crippen LogP contribution in [0, 0.1) is 0 Å². The maximum atomic E-state index is 2.83. The first-order chi connectivity index (χ1) is 28.6. The molecule has 1 atom stereocenters. The van der Waals surface area contributed by atoms with Crippen molar-refractivity contribution in [1.29, 1.82) is 0 Å². The molecular weight excluding hydrogens is 735 g/mol. The number of hydrogen-bond donors (Lipinski definition) is 0. The number of hydrogen-bond acceptors (Lipinski definition) is 5. The van der Waals surface area contributed by atoms with Crippen molar-refractivity contribution in [3.63, 3.8) is 0 Å². The van der Waals surface area contributed by atoms with E-state index in [2.05, 4.69) is 212 Å². The molecule has 0 aliphatic carbocycles. The van der Waals surface area contributed by atoms with Crippen molar-refractivity contribution >= 4 is 90.6 Å². The van der Waals surface area contributed by atoms with Gasteiger partial charge in [0, 0.05) is 51.6 Å². The first kappa shape index (κ1) is 36.4. The summed E-state index contributed by atoms with van der Waals surface area (Å²) in [6.45, 7) is 15.6. The topological polar surface area (TPSA) is 13.0 Å². The van der Waals surface area contributed by atoms with Crippen molar-refractivity contribution in [3.8, 4) is 0 Å². The van der Waals surface area contributed by atoms with Crippen molar-refractivity contribution in [3.05, 3.63) is 162 Å². The summed E-state index contributed by atoms with van der Waals surface area (Å²) in [6.07, 6.45) is 3.69. The molecule has 292 valence electrons. The van der Waals surface area contributed by atoms with E-state index in [1.165, 1.54) is 85.9 Å². The molecule has 0 N–H and O–H groups in total. The number of nitrogens with zero attached hydrogens (tertiary/aromatic N) is 4. The molecule has 59 heavy (non-hydrogen) atoms. The molecule has 5 heterocycles. The Kier molecular flexibility index (Phi) is 8.10. The molecule has 0 saturated carbocycles. The smallest absolute Gasteiger partial charge is 0.253 e. The van der Waals surface area contributed by atoms with Gasteiger partial charge in [0.25, 0.3) is 6.71 Å². The van der Waals surface area contributed by atoms with Gasteiger partial charge in [-0.25, -0.2) is 0 Å². The van der Waals surface area contributed by atoms with Crippen LogP contribution < -0.4 is 36.0 Å². The quantitative estimate of drug-likeness (QED) is 0.161. The van der Waals surface area contributed by atoms with Crippen LogP contribution in [0.2, 0.25) is 0 Å². The molecule has 0 bridgehead atoms. The van der Waals surface area contributed by atoms with Gasteiger partial charge in [0.15, 0.2) is 0 Å². The van der Waals surface area contributed by atoms with E-state index < -0.39 is 0 Å². The molecule has 4 nitrogen and oxygen atoms in total. The molecule has 7 aromatic rings. The summed E-state index contributed by atoms with van der Waals surface area (Å²) >= 11 is 1.86. The molecule has 4 aliphatic rings. The molecule has 1 unspecified atom stereocenters. The molecule has 11 rings (SSSR count). The molecule has 6 heteroatoms. The minimum Gasteiger partial charge on any atom is -0.363 e. The van der Waals surface area contributed by atoms with Gasteiger partial charge in [0.2, 0.25) is 0 Å². The number of para-hydroxylation sites is 3. The Bertz CT molecular complexity index is 2680. The lowest BCUT2D eigenvalue weighted by molar-refractivity contribution is 0.235. The fourth-order valence-electron chi connectivity index (χ4n) is 10.9. The van der Waals surface area contributed by atoms with Crippen LogP contribution in [-0.4, -0.2) is 18.8 Å². The average Bonchev–Trinajstić information content (AvgIpc) is 3.80. The maximum absolute atomic E-state index is 2.83. The first-order valence-electron chi connectivity index (χ1n) is 21.4. The van der Waals surface area contributed by atoms with Crippen LogP contribution in [0.4, 0.5) is 56.2 Å². The Morgan fingerprint density at radius 2 is 1.22 bits per heavy atom. The van der Waals surface area contributed by atoms with E-state index in [9.17, 15) is 0 Å². The van der Waals surface area contributed by atoms with Gasteiger partial charge >= 0.3 is 0 Å². The fourth-order valence-corrected chi connectivity index (χ4v) is 11.9. The number of benzene rings is 6. The Labute approximate surface area is 354 Å². The third kappa shape index (κ3) is 5.28. The molecule has 0 radical (unpaired) electrons. The van der Waals surface area contributed by atoms with E-state index in [-0.39, 0.29) is 23.1 Å². The summed E-state index contributed by atoms with van der Waals surface area (Å²) in [7, 11) is 0. The molecular formula is C53H51BN4S.